The number of hydrogen-bond acceptors (Lipinski definition) is 4. The minimum Gasteiger partial charge on any atom is -0.493 e. The third kappa shape index (κ3) is 3.95. The van der Waals surface area contributed by atoms with Crippen molar-refractivity contribution in [3.05, 3.63) is 51.8 Å². The van der Waals surface area contributed by atoms with Crippen LogP contribution in [-0.4, -0.2) is 24.7 Å². The molecule has 0 saturated heterocycles. The van der Waals surface area contributed by atoms with Crippen molar-refractivity contribution in [3.63, 3.8) is 0 Å². The summed E-state index contributed by atoms with van der Waals surface area (Å²) < 4.78 is 13.5. The van der Waals surface area contributed by atoms with E-state index in [1.54, 1.807) is 14.2 Å². The van der Waals surface area contributed by atoms with Gasteiger partial charge in [0.25, 0.3) is 5.91 Å². The van der Waals surface area contributed by atoms with Crippen LogP contribution in [0.25, 0.3) is 10.2 Å². The van der Waals surface area contributed by atoms with Gasteiger partial charge in [0.05, 0.1) is 37.4 Å². The number of methoxy groups -OCH3 is 2. The van der Waals surface area contributed by atoms with Gasteiger partial charge in [0.1, 0.15) is 0 Å². The number of carbonyl (C=O) groups is 1. The molecule has 0 atom stereocenters. The van der Waals surface area contributed by atoms with Crippen LogP contribution < -0.4 is 14.3 Å². The van der Waals surface area contributed by atoms with E-state index in [0.29, 0.717) is 22.8 Å². The molecule has 0 bridgehead atoms. The Morgan fingerprint density at radius 3 is 2.57 bits per heavy atom. The van der Waals surface area contributed by atoms with Crippen LogP contribution in [0.3, 0.4) is 0 Å². The van der Waals surface area contributed by atoms with Gasteiger partial charge in [0.2, 0.25) is 0 Å². The lowest BCUT2D eigenvalue weighted by atomic mass is 10.0. The van der Waals surface area contributed by atoms with Gasteiger partial charge in [-0.3, -0.25) is 4.79 Å². The van der Waals surface area contributed by atoms with Crippen molar-refractivity contribution in [1.29, 1.82) is 0 Å². The molecule has 0 spiro atoms. The Hall–Kier alpha value is -3.04. The molecule has 1 amide bonds. The maximum atomic E-state index is 12.7. The molecule has 0 aliphatic heterocycles. The van der Waals surface area contributed by atoms with Crippen molar-refractivity contribution in [2.75, 3.05) is 14.2 Å². The summed E-state index contributed by atoms with van der Waals surface area (Å²) in [5.41, 5.74) is 4.05. The number of thiazole rings is 1. The van der Waals surface area contributed by atoms with Crippen LogP contribution in [-0.2, 0) is 17.8 Å². The first-order valence-electron chi connectivity index (χ1n) is 8.79. The summed E-state index contributed by atoms with van der Waals surface area (Å²) >= 11 is 1.40. The summed E-state index contributed by atoms with van der Waals surface area (Å²) in [6, 6.07) is 9.82. The quantitative estimate of drug-likeness (QED) is 0.621. The van der Waals surface area contributed by atoms with Gasteiger partial charge in [0.15, 0.2) is 16.3 Å². The third-order valence-corrected chi connectivity index (χ3v) is 5.55. The van der Waals surface area contributed by atoms with Crippen molar-refractivity contribution in [1.82, 2.24) is 4.57 Å². The average Bonchev–Trinajstić information content (AvgIpc) is 2.99. The Morgan fingerprint density at radius 1 is 1.18 bits per heavy atom. The lowest BCUT2D eigenvalue weighted by molar-refractivity contribution is -0.117. The Morgan fingerprint density at radius 2 is 1.89 bits per heavy atom. The molecule has 3 aromatic rings. The zero-order chi connectivity index (χ0) is 20.3. The highest BCUT2D eigenvalue weighted by atomic mass is 32.1. The molecule has 0 aliphatic rings. The van der Waals surface area contributed by atoms with Crippen LogP contribution in [0.1, 0.15) is 16.7 Å². The zero-order valence-electron chi connectivity index (χ0n) is 16.4. The molecule has 1 aromatic heterocycles. The normalized spacial score (nSPS) is 11.5. The van der Waals surface area contributed by atoms with Gasteiger partial charge in [-0.05, 0) is 25.0 Å². The number of benzene rings is 2. The summed E-state index contributed by atoms with van der Waals surface area (Å²) in [5.74, 6) is 3.66. The second-order valence-corrected chi connectivity index (χ2v) is 7.47. The summed E-state index contributed by atoms with van der Waals surface area (Å²) in [4.78, 5) is 17.6. The topological polar surface area (TPSA) is 52.8 Å². The Balaban J connectivity index is 2.08. The van der Waals surface area contributed by atoms with E-state index in [2.05, 4.69) is 10.9 Å². The number of rotatable bonds is 5. The van der Waals surface area contributed by atoms with Gasteiger partial charge in [-0.1, -0.05) is 41.0 Å². The lowest BCUT2D eigenvalue weighted by Crippen LogP contribution is -2.17. The number of ether oxygens (including phenoxy) is 2. The second-order valence-electron chi connectivity index (χ2n) is 6.46. The summed E-state index contributed by atoms with van der Waals surface area (Å²) in [7, 11) is 3.17. The monoisotopic (exact) mass is 394 g/mol. The van der Waals surface area contributed by atoms with Gasteiger partial charge in [-0.2, -0.15) is 4.99 Å². The van der Waals surface area contributed by atoms with Crippen molar-refractivity contribution in [2.45, 2.75) is 26.8 Å². The van der Waals surface area contributed by atoms with Crippen LogP contribution in [0.2, 0.25) is 0 Å². The first kappa shape index (κ1) is 19.7. The van der Waals surface area contributed by atoms with Crippen LogP contribution in [0, 0.1) is 26.2 Å². The largest absolute Gasteiger partial charge is 0.493 e. The van der Waals surface area contributed by atoms with E-state index in [0.717, 1.165) is 26.9 Å². The highest BCUT2D eigenvalue weighted by Crippen LogP contribution is 2.33. The molecule has 0 N–H and O–H groups in total. The highest BCUT2D eigenvalue weighted by Gasteiger charge is 2.13. The van der Waals surface area contributed by atoms with Gasteiger partial charge in [-0.25, -0.2) is 0 Å². The van der Waals surface area contributed by atoms with E-state index in [-0.39, 0.29) is 12.3 Å². The smallest absolute Gasteiger partial charge is 0.252 e. The number of nitrogens with zero attached hydrogens (tertiary/aromatic N) is 2. The molecule has 3 rings (SSSR count). The van der Waals surface area contributed by atoms with Gasteiger partial charge >= 0.3 is 0 Å². The predicted octanol–water partition coefficient (Wildman–Crippen LogP) is 3.64. The van der Waals surface area contributed by atoms with E-state index >= 15 is 0 Å². The molecule has 1 heterocycles. The third-order valence-electron chi connectivity index (χ3n) is 4.50. The first-order valence-corrected chi connectivity index (χ1v) is 9.61. The van der Waals surface area contributed by atoms with E-state index in [4.69, 9.17) is 15.9 Å². The number of terminal acetylenes is 1. The lowest BCUT2D eigenvalue weighted by Gasteiger charge is -2.08. The molecule has 0 unspecified atom stereocenters. The second kappa shape index (κ2) is 8.32. The summed E-state index contributed by atoms with van der Waals surface area (Å²) in [5, 5.41) is 0. The fraction of sp³-hybridized carbons (Fsp3) is 0.273. The minimum absolute atomic E-state index is 0.204. The number of amides is 1. The van der Waals surface area contributed by atoms with Crippen LogP contribution in [0.5, 0.6) is 11.5 Å². The van der Waals surface area contributed by atoms with E-state index in [9.17, 15) is 4.79 Å². The summed E-state index contributed by atoms with van der Waals surface area (Å²) in [6.45, 7) is 4.32. The Bertz CT molecular complexity index is 1150. The first-order chi connectivity index (χ1) is 13.5. The van der Waals surface area contributed by atoms with E-state index in [1.807, 2.05) is 48.7 Å². The zero-order valence-corrected chi connectivity index (χ0v) is 17.2. The number of aryl methyl sites for hydroxylation is 2. The van der Waals surface area contributed by atoms with Gasteiger partial charge in [-0.15, -0.1) is 6.42 Å². The molecule has 2 aromatic carbocycles. The van der Waals surface area contributed by atoms with Gasteiger partial charge in [0, 0.05) is 12.1 Å². The number of fused-ring (bicyclic) bond motifs is 1. The highest BCUT2D eigenvalue weighted by molar-refractivity contribution is 7.16. The fourth-order valence-corrected chi connectivity index (χ4v) is 4.08. The van der Waals surface area contributed by atoms with E-state index < -0.39 is 0 Å². The Kier molecular flexibility index (Phi) is 5.86. The molecule has 5 nitrogen and oxygen atoms in total. The molecule has 6 heteroatoms. The van der Waals surface area contributed by atoms with Crippen LogP contribution in [0.15, 0.2) is 35.3 Å². The number of carbonyl (C=O) groups excluding carboxylic acids is 1. The Labute approximate surface area is 168 Å². The SMILES string of the molecule is C#CCn1c(=NC(=O)Cc2cc(C)ccc2C)sc2cc(OC)c(OC)cc21. The van der Waals surface area contributed by atoms with Crippen molar-refractivity contribution < 1.29 is 14.3 Å². The molecular formula is C22H22N2O3S. The number of aromatic nitrogens is 1. The molecule has 0 saturated carbocycles. The molecule has 0 fully saturated rings. The maximum Gasteiger partial charge on any atom is 0.252 e. The predicted molar refractivity (Wildman–Crippen MR) is 112 cm³/mol. The van der Waals surface area contributed by atoms with Gasteiger partial charge < -0.3 is 14.0 Å². The van der Waals surface area contributed by atoms with Crippen LogP contribution in [0.4, 0.5) is 0 Å². The van der Waals surface area contributed by atoms with Crippen LogP contribution >= 0.6 is 11.3 Å². The van der Waals surface area contributed by atoms with Crippen molar-refractivity contribution in [2.24, 2.45) is 4.99 Å². The molecular weight excluding hydrogens is 372 g/mol. The number of hydrogen-bond donors (Lipinski definition) is 0. The molecule has 28 heavy (non-hydrogen) atoms. The molecule has 144 valence electrons. The van der Waals surface area contributed by atoms with Crippen molar-refractivity contribution >= 4 is 27.5 Å². The standard InChI is InChI=1S/C22H22N2O3S/c1-6-9-24-17-12-18(26-4)19(27-5)13-20(17)28-22(24)23-21(25)11-16-10-14(2)7-8-15(16)3/h1,7-8,10,12-13H,9,11H2,2-5H3. The molecule has 0 aliphatic carbocycles. The minimum atomic E-state index is -0.204. The fourth-order valence-electron chi connectivity index (χ4n) is 3.03. The average molecular weight is 394 g/mol. The summed E-state index contributed by atoms with van der Waals surface area (Å²) in [6.07, 6.45) is 5.80. The molecule has 0 radical (unpaired) electrons. The van der Waals surface area contributed by atoms with Crippen molar-refractivity contribution in [3.8, 4) is 23.8 Å². The van der Waals surface area contributed by atoms with E-state index in [1.165, 1.54) is 11.3 Å². The maximum absolute atomic E-state index is 12.7.